The summed E-state index contributed by atoms with van der Waals surface area (Å²) in [6.07, 6.45) is -4.97. The number of hydrogen-bond donors (Lipinski definition) is 1. The maximum Gasteiger partial charge on any atom is 0.390 e. The Bertz CT molecular complexity index is 597. The van der Waals surface area contributed by atoms with Gasteiger partial charge < -0.3 is 5.32 Å². The molecule has 0 unspecified atom stereocenters. The van der Waals surface area contributed by atoms with Crippen LogP contribution in [0.3, 0.4) is 0 Å². The molecule has 2 aromatic heterocycles. The maximum absolute atomic E-state index is 12.2. The van der Waals surface area contributed by atoms with Gasteiger partial charge in [0.2, 0.25) is 0 Å². The van der Waals surface area contributed by atoms with Gasteiger partial charge in [0, 0.05) is 13.1 Å². The van der Waals surface area contributed by atoms with Crippen LogP contribution in [0.5, 0.6) is 0 Å². The van der Waals surface area contributed by atoms with Crippen LogP contribution in [0.2, 0.25) is 0 Å². The SMILES string of the molecule is CCNc1nc(CN(C)CCC(F)(F)F)nc2sccc12. The second-order valence-corrected chi connectivity index (χ2v) is 5.66. The molecule has 0 atom stereocenters. The number of hydrogen-bond acceptors (Lipinski definition) is 5. The fraction of sp³-hybridized carbons (Fsp3) is 0.538. The Morgan fingerprint density at radius 2 is 2.10 bits per heavy atom. The molecule has 0 radical (unpaired) electrons. The third kappa shape index (κ3) is 4.53. The van der Waals surface area contributed by atoms with E-state index < -0.39 is 12.6 Å². The number of nitrogens with zero attached hydrogens (tertiary/aromatic N) is 3. The molecule has 0 amide bonds. The predicted molar refractivity (Wildman–Crippen MR) is 78.6 cm³/mol. The minimum absolute atomic E-state index is 0.0636. The fourth-order valence-corrected chi connectivity index (χ4v) is 2.69. The third-order valence-electron chi connectivity index (χ3n) is 2.90. The van der Waals surface area contributed by atoms with Gasteiger partial charge in [-0.25, -0.2) is 9.97 Å². The van der Waals surface area contributed by atoms with Crippen molar-refractivity contribution in [2.75, 3.05) is 25.5 Å². The number of rotatable bonds is 6. The van der Waals surface area contributed by atoms with Gasteiger partial charge in [0.25, 0.3) is 0 Å². The van der Waals surface area contributed by atoms with Gasteiger partial charge in [-0.05, 0) is 25.4 Å². The topological polar surface area (TPSA) is 41.1 Å². The van der Waals surface area contributed by atoms with Gasteiger partial charge in [-0.15, -0.1) is 11.3 Å². The Labute approximate surface area is 125 Å². The first-order valence-electron chi connectivity index (χ1n) is 6.62. The third-order valence-corrected chi connectivity index (χ3v) is 3.71. The van der Waals surface area contributed by atoms with Gasteiger partial charge in [-0.2, -0.15) is 13.2 Å². The average Bonchev–Trinajstić information content (AvgIpc) is 2.84. The molecule has 2 aromatic rings. The Balaban J connectivity index is 2.10. The highest BCUT2D eigenvalue weighted by molar-refractivity contribution is 7.16. The quantitative estimate of drug-likeness (QED) is 0.885. The minimum Gasteiger partial charge on any atom is -0.370 e. The molecule has 4 nitrogen and oxygen atoms in total. The summed E-state index contributed by atoms with van der Waals surface area (Å²) >= 11 is 1.50. The number of alkyl halides is 3. The van der Waals surface area contributed by atoms with Crippen LogP contribution in [0.4, 0.5) is 19.0 Å². The molecule has 0 aliphatic heterocycles. The molecule has 0 saturated carbocycles. The second-order valence-electron chi connectivity index (χ2n) is 4.76. The molecule has 116 valence electrons. The lowest BCUT2D eigenvalue weighted by Gasteiger charge is -2.17. The molecule has 0 aromatic carbocycles. The van der Waals surface area contributed by atoms with Crippen molar-refractivity contribution in [2.45, 2.75) is 26.1 Å². The molecule has 1 N–H and O–H groups in total. The van der Waals surface area contributed by atoms with Crippen LogP contribution in [0, 0.1) is 0 Å². The highest BCUT2D eigenvalue weighted by Crippen LogP contribution is 2.25. The van der Waals surface area contributed by atoms with E-state index in [9.17, 15) is 13.2 Å². The maximum atomic E-state index is 12.2. The van der Waals surface area contributed by atoms with Gasteiger partial charge >= 0.3 is 6.18 Å². The van der Waals surface area contributed by atoms with E-state index in [2.05, 4.69) is 15.3 Å². The van der Waals surface area contributed by atoms with Gasteiger partial charge in [-0.1, -0.05) is 0 Å². The molecule has 8 heteroatoms. The fourth-order valence-electron chi connectivity index (χ4n) is 1.91. The first-order valence-corrected chi connectivity index (χ1v) is 7.50. The summed E-state index contributed by atoms with van der Waals surface area (Å²) in [6, 6.07) is 1.94. The van der Waals surface area contributed by atoms with Crippen molar-refractivity contribution in [1.29, 1.82) is 0 Å². The van der Waals surface area contributed by atoms with Crippen LogP contribution in [0.15, 0.2) is 11.4 Å². The van der Waals surface area contributed by atoms with Crippen LogP contribution in [0.25, 0.3) is 10.2 Å². The number of halogens is 3. The van der Waals surface area contributed by atoms with E-state index in [0.717, 1.165) is 22.6 Å². The van der Waals surface area contributed by atoms with Crippen molar-refractivity contribution in [3.8, 4) is 0 Å². The summed E-state index contributed by atoms with van der Waals surface area (Å²) in [4.78, 5) is 11.2. The largest absolute Gasteiger partial charge is 0.390 e. The van der Waals surface area contributed by atoms with E-state index in [1.165, 1.54) is 11.3 Å². The van der Waals surface area contributed by atoms with Crippen LogP contribution >= 0.6 is 11.3 Å². The summed E-state index contributed by atoms with van der Waals surface area (Å²) in [5, 5.41) is 6.04. The first kappa shape index (κ1) is 16.0. The van der Waals surface area contributed by atoms with Crippen molar-refractivity contribution in [1.82, 2.24) is 14.9 Å². The van der Waals surface area contributed by atoms with E-state index >= 15 is 0 Å². The zero-order valence-corrected chi connectivity index (χ0v) is 12.7. The van der Waals surface area contributed by atoms with Crippen LogP contribution in [-0.4, -0.2) is 41.2 Å². The number of anilines is 1. The van der Waals surface area contributed by atoms with Crippen LogP contribution < -0.4 is 5.32 Å². The normalized spacial score (nSPS) is 12.3. The number of thiophene rings is 1. The van der Waals surface area contributed by atoms with Gasteiger partial charge in [-0.3, -0.25) is 4.90 Å². The number of nitrogens with one attached hydrogen (secondary N) is 1. The van der Waals surface area contributed by atoms with Crippen LogP contribution in [-0.2, 0) is 6.54 Å². The number of aromatic nitrogens is 2. The van der Waals surface area contributed by atoms with Crippen molar-refractivity contribution < 1.29 is 13.2 Å². The van der Waals surface area contributed by atoms with Gasteiger partial charge in [0.1, 0.15) is 16.5 Å². The monoisotopic (exact) mass is 318 g/mol. The Kier molecular flexibility index (Phi) is 5.00. The average molecular weight is 318 g/mol. The summed E-state index contributed by atoms with van der Waals surface area (Å²) in [7, 11) is 1.64. The summed E-state index contributed by atoms with van der Waals surface area (Å²) in [5.41, 5.74) is 0. The van der Waals surface area contributed by atoms with Crippen molar-refractivity contribution in [3.05, 3.63) is 17.3 Å². The zero-order chi connectivity index (χ0) is 15.5. The lowest BCUT2D eigenvalue weighted by Crippen LogP contribution is -2.25. The lowest BCUT2D eigenvalue weighted by molar-refractivity contribution is -0.137. The summed E-state index contributed by atoms with van der Waals surface area (Å²) in [5.74, 6) is 1.27. The Hall–Kier alpha value is -1.41. The minimum atomic E-state index is -4.14. The molecule has 0 fully saturated rings. The smallest absolute Gasteiger partial charge is 0.370 e. The summed E-state index contributed by atoms with van der Waals surface area (Å²) in [6.45, 7) is 2.93. The zero-order valence-electron chi connectivity index (χ0n) is 11.9. The van der Waals surface area contributed by atoms with Crippen LogP contribution in [0.1, 0.15) is 19.2 Å². The highest BCUT2D eigenvalue weighted by Gasteiger charge is 2.27. The molecule has 2 rings (SSSR count). The number of fused-ring (bicyclic) bond motifs is 1. The molecule has 0 aliphatic rings. The Morgan fingerprint density at radius 1 is 1.33 bits per heavy atom. The molecule has 0 saturated heterocycles. The van der Waals surface area contributed by atoms with Crippen molar-refractivity contribution >= 4 is 27.4 Å². The molecule has 0 aliphatic carbocycles. The van der Waals surface area contributed by atoms with E-state index in [4.69, 9.17) is 0 Å². The van der Waals surface area contributed by atoms with E-state index in [1.807, 2.05) is 18.4 Å². The predicted octanol–water partition coefficient (Wildman–Crippen LogP) is 3.51. The van der Waals surface area contributed by atoms with E-state index in [0.29, 0.717) is 12.4 Å². The summed E-state index contributed by atoms with van der Waals surface area (Å²) < 4.78 is 36.7. The highest BCUT2D eigenvalue weighted by atomic mass is 32.1. The van der Waals surface area contributed by atoms with E-state index in [-0.39, 0.29) is 6.54 Å². The lowest BCUT2D eigenvalue weighted by atomic mass is 10.3. The second kappa shape index (κ2) is 6.57. The van der Waals surface area contributed by atoms with E-state index in [1.54, 1.807) is 11.9 Å². The Morgan fingerprint density at radius 3 is 2.76 bits per heavy atom. The van der Waals surface area contributed by atoms with Gasteiger partial charge in [0.15, 0.2) is 0 Å². The van der Waals surface area contributed by atoms with Crippen molar-refractivity contribution in [2.24, 2.45) is 0 Å². The molecular formula is C13H17F3N4S. The van der Waals surface area contributed by atoms with Crippen molar-refractivity contribution in [3.63, 3.8) is 0 Å². The first-order chi connectivity index (χ1) is 9.89. The molecule has 0 spiro atoms. The van der Waals surface area contributed by atoms with Gasteiger partial charge in [0.05, 0.1) is 18.4 Å². The molecule has 0 bridgehead atoms. The molecule has 21 heavy (non-hydrogen) atoms. The standard InChI is InChI=1S/C13H17F3N4S/c1-3-17-11-9-4-7-21-12(9)19-10(18-11)8-20(2)6-5-13(14,15)16/h4,7H,3,5-6,8H2,1-2H3,(H,17,18,19). The molecule has 2 heterocycles. The molecular weight excluding hydrogens is 301 g/mol.